The normalized spacial score (nSPS) is 10.3. The van der Waals surface area contributed by atoms with Gasteiger partial charge in [0.1, 0.15) is 4.21 Å². The number of thiophene rings is 1. The Bertz CT molecular complexity index is 1040. The minimum absolute atomic E-state index is 0.0199. The number of thioether (sulfide) groups is 1. The number of hydrogen-bond acceptors (Lipinski definition) is 5. The van der Waals surface area contributed by atoms with E-state index in [1.807, 2.05) is 53.4 Å². The lowest BCUT2D eigenvalue weighted by atomic mass is 10.0. The highest BCUT2D eigenvalue weighted by Gasteiger charge is 2.31. The van der Waals surface area contributed by atoms with Crippen LogP contribution in [0.15, 0.2) is 65.1 Å². The first-order valence-electron chi connectivity index (χ1n) is 9.09. The Balaban J connectivity index is 2.18. The van der Waals surface area contributed by atoms with Crippen LogP contribution in [0.5, 0.6) is 0 Å². The molecule has 4 nitrogen and oxygen atoms in total. The molecule has 0 spiro atoms. The molecule has 2 aromatic heterocycles. The zero-order chi connectivity index (χ0) is 20.6. The molecule has 0 aliphatic rings. The van der Waals surface area contributed by atoms with Crippen LogP contribution in [0.1, 0.15) is 27.7 Å². The van der Waals surface area contributed by atoms with Crippen LogP contribution < -0.4 is 4.57 Å². The summed E-state index contributed by atoms with van der Waals surface area (Å²) in [6, 6.07) is 14.8. The number of carbonyl (C=O) groups is 2. The first kappa shape index (κ1) is 20.8. The van der Waals surface area contributed by atoms with E-state index in [2.05, 4.69) is 5.92 Å². The minimum Gasteiger partial charge on any atom is -0.466 e. The smallest absolute Gasteiger partial charge is 0.310 e. The first-order valence-corrected chi connectivity index (χ1v) is 10.9. The molecule has 0 saturated carbocycles. The third-order valence-electron chi connectivity index (χ3n) is 4.08. The second kappa shape index (κ2) is 10.1. The molecule has 2 heterocycles. The lowest BCUT2D eigenvalue weighted by Gasteiger charge is -2.05. The van der Waals surface area contributed by atoms with Crippen molar-refractivity contribution < 1.29 is 18.9 Å². The maximum atomic E-state index is 13.3. The summed E-state index contributed by atoms with van der Waals surface area (Å²) in [7, 11) is 0. The van der Waals surface area contributed by atoms with E-state index in [1.54, 1.807) is 19.1 Å². The van der Waals surface area contributed by atoms with Crippen molar-refractivity contribution in [3.05, 3.63) is 76.9 Å². The third-order valence-corrected chi connectivity index (χ3v) is 6.46. The Morgan fingerprint density at radius 2 is 1.83 bits per heavy atom. The molecule has 29 heavy (non-hydrogen) atoms. The van der Waals surface area contributed by atoms with Crippen molar-refractivity contribution in [1.82, 2.24) is 0 Å². The van der Waals surface area contributed by atoms with Gasteiger partial charge >= 0.3 is 5.97 Å². The summed E-state index contributed by atoms with van der Waals surface area (Å²) >= 11 is 2.86. The number of terminal acetylenes is 1. The number of carbonyl (C=O) groups excluding carboxylic acids is 2. The Morgan fingerprint density at radius 3 is 2.48 bits per heavy atom. The van der Waals surface area contributed by atoms with E-state index in [0.717, 1.165) is 9.90 Å². The van der Waals surface area contributed by atoms with Gasteiger partial charge in [0.2, 0.25) is 11.5 Å². The number of esters is 1. The van der Waals surface area contributed by atoms with Crippen molar-refractivity contribution >= 4 is 34.9 Å². The highest BCUT2D eigenvalue weighted by molar-refractivity contribution is 8.01. The van der Waals surface area contributed by atoms with Crippen LogP contribution in [0.25, 0.3) is 5.69 Å². The van der Waals surface area contributed by atoms with Gasteiger partial charge in [-0.1, -0.05) is 54.1 Å². The van der Waals surface area contributed by atoms with Crippen LogP contribution in [-0.4, -0.2) is 24.1 Å². The highest BCUT2D eigenvalue weighted by atomic mass is 32.2. The van der Waals surface area contributed by atoms with Crippen molar-refractivity contribution in [2.45, 2.75) is 17.6 Å². The monoisotopic (exact) mass is 422 g/mol. The molecule has 0 saturated heterocycles. The predicted octanol–water partition coefficient (Wildman–Crippen LogP) is 4.09. The maximum Gasteiger partial charge on any atom is 0.310 e. The first-order chi connectivity index (χ1) is 14.2. The molecule has 0 aliphatic carbocycles. The lowest BCUT2D eigenvalue weighted by Crippen LogP contribution is -2.31. The summed E-state index contributed by atoms with van der Waals surface area (Å²) in [6.45, 7) is 2.06. The molecule has 6 heteroatoms. The van der Waals surface area contributed by atoms with Crippen LogP contribution >= 0.6 is 23.1 Å². The van der Waals surface area contributed by atoms with Gasteiger partial charge in [0.25, 0.3) is 0 Å². The molecule has 0 fully saturated rings. The number of nitrogens with zero attached hydrogens (tertiary/aromatic N) is 1. The molecular weight excluding hydrogens is 402 g/mol. The van der Waals surface area contributed by atoms with E-state index >= 15 is 0 Å². The SMILES string of the molecule is C#CCSc1sc(C(=O)c2ccccc2)c(CC(=O)OCC)c1-[n+]1ccccc1. The average molecular weight is 423 g/mol. The minimum atomic E-state index is -0.362. The number of benzene rings is 1. The summed E-state index contributed by atoms with van der Waals surface area (Å²) in [5.41, 5.74) is 2.05. The fraction of sp³-hybridized carbons (Fsp3) is 0.174. The second-order valence-electron chi connectivity index (χ2n) is 6.00. The number of pyridine rings is 1. The molecule has 0 amide bonds. The third kappa shape index (κ3) is 4.94. The molecule has 0 radical (unpaired) electrons. The predicted molar refractivity (Wildman–Crippen MR) is 116 cm³/mol. The number of rotatable bonds is 8. The van der Waals surface area contributed by atoms with Crippen LogP contribution in [0.2, 0.25) is 0 Å². The fourth-order valence-electron chi connectivity index (χ4n) is 2.87. The highest BCUT2D eigenvalue weighted by Crippen LogP contribution is 2.38. The van der Waals surface area contributed by atoms with Crippen LogP contribution in [0.3, 0.4) is 0 Å². The number of hydrogen-bond donors (Lipinski definition) is 0. The van der Waals surface area contributed by atoms with Crippen molar-refractivity contribution in [3.63, 3.8) is 0 Å². The van der Waals surface area contributed by atoms with Gasteiger partial charge in [0.15, 0.2) is 12.4 Å². The summed E-state index contributed by atoms with van der Waals surface area (Å²) in [6.07, 6.45) is 9.28. The second-order valence-corrected chi connectivity index (χ2v) is 8.26. The maximum absolute atomic E-state index is 13.3. The van der Waals surface area contributed by atoms with E-state index < -0.39 is 0 Å². The number of ether oxygens (including phenoxy) is 1. The van der Waals surface area contributed by atoms with Gasteiger partial charge < -0.3 is 4.74 Å². The Hall–Kier alpha value is -2.88. The Labute approximate surface area is 178 Å². The van der Waals surface area contributed by atoms with Gasteiger partial charge in [-0.15, -0.1) is 17.8 Å². The van der Waals surface area contributed by atoms with Gasteiger partial charge in [-0.25, -0.2) is 0 Å². The van der Waals surface area contributed by atoms with E-state index in [-0.39, 0.29) is 24.8 Å². The quantitative estimate of drug-likeness (QED) is 0.180. The topological polar surface area (TPSA) is 47.3 Å². The van der Waals surface area contributed by atoms with E-state index in [0.29, 0.717) is 21.8 Å². The summed E-state index contributed by atoms with van der Waals surface area (Å²) in [5.74, 6) is 2.63. The van der Waals surface area contributed by atoms with Gasteiger partial charge in [-0.3, -0.25) is 9.59 Å². The molecule has 3 rings (SSSR count). The van der Waals surface area contributed by atoms with Crippen LogP contribution in [0, 0.1) is 12.3 Å². The molecule has 146 valence electrons. The zero-order valence-corrected chi connectivity index (χ0v) is 17.6. The van der Waals surface area contributed by atoms with Crippen molar-refractivity contribution in [2.24, 2.45) is 0 Å². The van der Waals surface area contributed by atoms with Crippen molar-refractivity contribution in [2.75, 3.05) is 12.4 Å². The van der Waals surface area contributed by atoms with E-state index in [4.69, 9.17) is 11.2 Å². The molecule has 0 aliphatic heterocycles. The zero-order valence-electron chi connectivity index (χ0n) is 16.0. The Morgan fingerprint density at radius 1 is 1.14 bits per heavy atom. The standard InChI is InChI=1S/C23H20NO3S2/c1-3-15-28-23-20(24-13-9-6-10-14-24)18(16-19(25)27-4-2)22(29-23)21(26)17-11-7-5-8-12-17/h1,5-14H,4,15-16H2,2H3/q+1. The summed E-state index contributed by atoms with van der Waals surface area (Å²) < 4.78 is 8.00. The van der Waals surface area contributed by atoms with Crippen LogP contribution in [0.4, 0.5) is 0 Å². The van der Waals surface area contributed by atoms with Gasteiger partial charge in [-0.2, -0.15) is 4.57 Å². The van der Waals surface area contributed by atoms with Gasteiger partial charge in [0.05, 0.1) is 29.2 Å². The van der Waals surface area contributed by atoms with Gasteiger partial charge in [-0.05, 0) is 6.92 Å². The largest absolute Gasteiger partial charge is 0.466 e. The molecule has 0 bridgehead atoms. The molecule has 1 aromatic carbocycles. The van der Waals surface area contributed by atoms with Crippen molar-refractivity contribution in [3.8, 4) is 18.0 Å². The lowest BCUT2D eigenvalue weighted by molar-refractivity contribution is -0.598. The summed E-state index contributed by atoms with van der Waals surface area (Å²) in [4.78, 5) is 26.2. The number of ketones is 1. The summed E-state index contributed by atoms with van der Waals surface area (Å²) in [5, 5.41) is 0. The van der Waals surface area contributed by atoms with E-state index in [9.17, 15) is 9.59 Å². The fourth-order valence-corrected chi connectivity index (χ4v) is 5.13. The molecule has 0 atom stereocenters. The van der Waals surface area contributed by atoms with Crippen molar-refractivity contribution in [1.29, 1.82) is 0 Å². The number of aromatic nitrogens is 1. The molecule has 0 N–H and O–H groups in total. The van der Waals surface area contributed by atoms with E-state index in [1.165, 1.54) is 23.1 Å². The van der Waals surface area contributed by atoms with Crippen LogP contribution in [-0.2, 0) is 16.0 Å². The molecule has 3 aromatic rings. The van der Waals surface area contributed by atoms with Gasteiger partial charge in [0, 0.05) is 17.7 Å². The average Bonchev–Trinajstić information content (AvgIpc) is 3.11. The molecular formula is C23H20NO3S2+. The Kier molecular flexibility index (Phi) is 7.23. The molecule has 0 unspecified atom stereocenters.